The van der Waals surface area contributed by atoms with E-state index in [1.54, 1.807) is 24.3 Å². The average molecular weight is 435 g/mol. The van der Waals surface area contributed by atoms with Crippen molar-refractivity contribution in [3.8, 4) is 5.75 Å². The highest BCUT2D eigenvalue weighted by Gasteiger charge is 2.10. The number of halogens is 3. The summed E-state index contributed by atoms with van der Waals surface area (Å²) >= 11 is 12.5. The van der Waals surface area contributed by atoms with Crippen LogP contribution in [0.5, 0.6) is 5.75 Å². The average Bonchev–Trinajstić information content (AvgIpc) is 2.37. The number of anilines is 2. The molecule has 2 aromatic rings. The predicted octanol–water partition coefficient (Wildman–Crippen LogP) is 4.46. The van der Waals surface area contributed by atoms with Gasteiger partial charge in [0.25, 0.3) is 5.91 Å². The largest absolute Gasteiger partial charge is 0.480 e. The summed E-state index contributed by atoms with van der Waals surface area (Å²) in [7, 11) is 0. The van der Waals surface area contributed by atoms with Gasteiger partial charge in [-0.3, -0.25) is 4.79 Å². The van der Waals surface area contributed by atoms with Gasteiger partial charge in [0.05, 0.1) is 10.2 Å². The maximum Gasteiger partial charge on any atom is 0.262 e. The van der Waals surface area contributed by atoms with E-state index in [4.69, 9.17) is 22.1 Å². The van der Waals surface area contributed by atoms with Crippen LogP contribution in [0.25, 0.3) is 0 Å². The van der Waals surface area contributed by atoms with Gasteiger partial charge in [-0.2, -0.15) is 0 Å². The van der Waals surface area contributed by atoms with Gasteiger partial charge >= 0.3 is 0 Å². The van der Waals surface area contributed by atoms with Crippen LogP contribution in [-0.2, 0) is 4.79 Å². The van der Waals surface area contributed by atoms with Crippen LogP contribution in [0.1, 0.15) is 0 Å². The molecule has 0 radical (unpaired) electrons. The smallest absolute Gasteiger partial charge is 0.262 e. The number of rotatable bonds is 4. The number of carbonyl (C=O) groups excluding carboxylic acids is 1. The van der Waals surface area contributed by atoms with Crippen molar-refractivity contribution in [2.24, 2.45) is 0 Å². The minimum absolute atomic E-state index is 0.156. The Hall–Kier alpha value is -1.24. The summed E-state index contributed by atoms with van der Waals surface area (Å²) in [6.07, 6.45) is 0. The molecule has 0 aliphatic carbocycles. The van der Waals surface area contributed by atoms with E-state index in [1.165, 1.54) is 0 Å². The minimum atomic E-state index is -0.283. The number of nitrogens with one attached hydrogen (secondary N) is 1. The molecule has 0 saturated heterocycles. The van der Waals surface area contributed by atoms with E-state index in [1.807, 2.05) is 12.1 Å². The topological polar surface area (TPSA) is 64.3 Å². The van der Waals surface area contributed by atoms with Gasteiger partial charge in [-0.1, -0.05) is 33.6 Å². The Kier molecular flexibility index (Phi) is 5.50. The molecule has 1 amide bonds. The standard InChI is InChI=1S/C14H11Br2ClN2O2/c15-8-2-1-3-10(4-8)19-13(20)7-21-14-11(16)5-9(17)6-12(14)18/h1-6H,7,18H2,(H,19,20). The number of hydrogen-bond acceptors (Lipinski definition) is 3. The third-order valence-electron chi connectivity index (χ3n) is 2.49. The summed E-state index contributed by atoms with van der Waals surface area (Å²) in [6.45, 7) is -0.156. The molecule has 0 unspecified atom stereocenters. The molecule has 0 aromatic heterocycles. The fourth-order valence-corrected chi connectivity index (χ4v) is 2.98. The van der Waals surface area contributed by atoms with Gasteiger partial charge in [-0.05, 0) is 46.3 Å². The fraction of sp³-hybridized carbons (Fsp3) is 0.0714. The maximum absolute atomic E-state index is 11.9. The highest BCUT2D eigenvalue weighted by Crippen LogP contribution is 2.34. The van der Waals surface area contributed by atoms with E-state index < -0.39 is 0 Å². The van der Waals surface area contributed by atoms with Crippen LogP contribution in [0.4, 0.5) is 11.4 Å². The van der Waals surface area contributed by atoms with Crippen molar-refractivity contribution >= 4 is 60.7 Å². The van der Waals surface area contributed by atoms with Crippen molar-refractivity contribution in [3.05, 3.63) is 50.4 Å². The molecule has 0 aliphatic heterocycles. The number of hydrogen-bond donors (Lipinski definition) is 2. The molecular formula is C14H11Br2ClN2O2. The highest BCUT2D eigenvalue weighted by molar-refractivity contribution is 9.10. The molecule has 2 rings (SSSR count). The van der Waals surface area contributed by atoms with Gasteiger partial charge in [0.15, 0.2) is 12.4 Å². The van der Waals surface area contributed by atoms with E-state index >= 15 is 0 Å². The quantitative estimate of drug-likeness (QED) is 0.698. The second-order valence-electron chi connectivity index (χ2n) is 4.15. The summed E-state index contributed by atoms with van der Waals surface area (Å²) in [4.78, 5) is 11.9. The Labute approximate surface area is 143 Å². The monoisotopic (exact) mass is 432 g/mol. The molecule has 0 fully saturated rings. The van der Waals surface area contributed by atoms with Crippen molar-refractivity contribution < 1.29 is 9.53 Å². The minimum Gasteiger partial charge on any atom is -0.480 e. The maximum atomic E-state index is 11.9. The number of benzene rings is 2. The number of ether oxygens (including phenoxy) is 1. The van der Waals surface area contributed by atoms with Gasteiger partial charge in [0.2, 0.25) is 0 Å². The third kappa shape index (κ3) is 4.62. The molecule has 0 atom stereocenters. The lowest BCUT2D eigenvalue weighted by Crippen LogP contribution is -2.20. The van der Waals surface area contributed by atoms with Gasteiger partial charge in [0.1, 0.15) is 0 Å². The SMILES string of the molecule is Nc1cc(Cl)cc(Br)c1OCC(=O)Nc1cccc(Br)c1. The number of nitrogen functional groups attached to an aromatic ring is 1. The van der Waals surface area contributed by atoms with Crippen LogP contribution in [0, 0.1) is 0 Å². The first-order valence-electron chi connectivity index (χ1n) is 5.88. The Balaban J connectivity index is 1.99. The van der Waals surface area contributed by atoms with Gasteiger partial charge < -0.3 is 15.8 Å². The summed E-state index contributed by atoms with van der Waals surface area (Å²) < 4.78 is 6.91. The Morgan fingerprint density at radius 1 is 1.29 bits per heavy atom. The molecule has 110 valence electrons. The first-order valence-corrected chi connectivity index (χ1v) is 7.85. The van der Waals surface area contributed by atoms with E-state index in [2.05, 4.69) is 37.2 Å². The van der Waals surface area contributed by atoms with Crippen molar-refractivity contribution in [2.45, 2.75) is 0 Å². The summed E-state index contributed by atoms with van der Waals surface area (Å²) in [6, 6.07) is 10.5. The van der Waals surface area contributed by atoms with Crippen LogP contribution >= 0.6 is 43.5 Å². The molecule has 3 N–H and O–H groups in total. The summed E-state index contributed by atoms with van der Waals surface area (Å²) in [5, 5.41) is 3.22. The van der Waals surface area contributed by atoms with Crippen LogP contribution in [0.15, 0.2) is 45.3 Å². The Morgan fingerprint density at radius 2 is 2.05 bits per heavy atom. The molecule has 0 heterocycles. The highest BCUT2D eigenvalue weighted by atomic mass is 79.9. The first-order chi connectivity index (χ1) is 9.95. The molecule has 0 saturated carbocycles. The molecule has 7 heteroatoms. The molecule has 2 aromatic carbocycles. The molecule has 0 spiro atoms. The van der Waals surface area contributed by atoms with Crippen molar-refractivity contribution in [1.29, 1.82) is 0 Å². The fourth-order valence-electron chi connectivity index (χ4n) is 1.63. The molecule has 21 heavy (non-hydrogen) atoms. The summed E-state index contributed by atoms with van der Waals surface area (Å²) in [5.74, 6) is 0.109. The summed E-state index contributed by atoms with van der Waals surface area (Å²) in [5.41, 5.74) is 6.85. The third-order valence-corrected chi connectivity index (χ3v) is 3.79. The zero-order chi connectivity index (χ0) is 15.4. The lowest BCUT2D eigenvalue weighted by Gasteiger charge is -2.11. The molecule has 0 aliphatic rings. The first kappa shape index (κ1) is 16.1. The molecule has 0 bridgehead atoms. The van der Waals surface area contributed by atoms with Crippen molar-refractivity contribution in [3.63, 3.8) is 0 Å². The second-order valence-corrected chi connectivity index (χ2v) is 6.36. The number of amides is 1. The Morgan fingerprint density at radius 3 is 2.71 bits per heavy atom. The van der Waals surface area contributed by atoms with Gasteiger partial charge in [-0.25, -0.2) is 0 Å². The van der Waals surface area contributed by atoms with Crippen LogP contribution < -0.4 is 15.8 Å². The van der Waals surface area contributed by atoms with Crippen LogP contribution in [-0.4, -0.2) is 12.5 Å². The molecular weight excluding hydrogens is 423 g/mol. The zero-order valence-electron chi connectivity index (χ0n) is 10.7. The Bertz CT molecular complexity index is 657. The van der Waals surface area contributed by atoms with E-state index in [0.29, 0.717) is 26.6 Å². The lowest BCUT2D eigenvalue weighted by molar-refractivity contribution is -0.118. The number of nitrogens with two attached hydrogens (primary N) is 1. The van der Waals surface area contributed by atoms with E-state index in [-0.39, 0.29) is 12.5 Å². The number of carbonyl (C=O) groups is 1. The zero-order valence-corrected chi connectivity index (χ0v) is 14.6. The van der Waals surface area contributed by atoms with Crippen LogP contribution in [0.3, 0.4) is 0 Å². The second kappa shape index (κ2) is 7.15. The molecule has 4 nitrogen and oxygen atoms in total. The van der Waals surface area contributed by atoms with Crippen molar-refractivity contribution in [1.82, 2.24) is 0 Å². The van der Waals surface area contributed by atoms with Gasteiger partial charge in [-0.15, -0.1) is 0 Å². The van der Waals surface area contributed by atoms with Gasteiger partial charge in [0, 0.05) is 15.2 Å². The normalized spacial score (nSPS) is 10.2. The van der Waals surface area contributed by atoms with E-state index in [9.17, 15) is 4.79 Å². The van der Waals surface area contributed by atoms with E-state index in [0.717, 1.165) is 4.47 Å². The van der Waals surface area contributed by atoms with Crippen molar-refractivity contribution in [2.75, 3.05) is 17.7 Å². The van der Waals surface area contributed by atoms with Crippen LogP contribution in [0.2, 0.25) is 5.02 Å². The lowest BCUT2D eigenvalue weighted by atomic mass is 10.3. The predicted molar refractivity (Wildman–Crippen MR) is 91.8 cm³/mol.